The molecule has 0 saturated heterocycles. The third-order valence-electron chi connectivity index (χ3n) is 3.77. The summed E-state index contributed by atoms with van der Waals surface area (Å²) in [5, 5.41) is 11.1. The van der Waals surface area contributed by atoms with Gasteiger partial charge in [-0.2, -0.15) is 0 Å². The number of carbonyl (C=O) groups is 1. The topological polar surface area (TPSA) is 60.4 Å². The lowest BCUT2D eigenvalue weighted by Gasteiger charge is -2.04. The van der Waals surface area contributed by atoms with Crippen molar-refractivity contribution >= 4 is 34.9 Å². The fourth-order valence-corrected chi connectivity index (χ4v) is 3.15. The van der Waals surface area contributed by atoms with E-state index in [4.69, 9.17) is 5.11 Å². The smallest absolute Gasteiger partial charge is 0.307 e. The van der Waals surface area contributed by atoms with Gasteiger partial charge >= 0.3 is 5.97 Å². The highest BCUT2D eigenvalue weighted by molar-refractivity contribution is 7.90. The van der Waals surface area contributed by atoms with Crippen molar-refractivity contribution in [1.82, 2.24) is 0 Å². The van der Waals surface area contributed by atoms with Crippen molar-refractivity contribution in [1.29, 1.82) is 0 Å². The second kappa shape index (κ2) is 6.44. The first-order valence-corrected chi connectivity index (χ1v) is 8.77. The lowest BCUT2D eigenvalue weighted by Crippen LogP contribution is -2.12. The Hall–Kier alpha value is -2.30. The summed E-state index contributed by atoms with van der Waals surface area (Å²) >= 11 is -0.975. The van der Waals surface area contributed by atoms with E-state index >= 15 is 0 Å². The minimum Gasteiger partial charge on any atom is -0.612 e. The first-order valence-electron chi connectivity index (χ1n) is 7.21. The van der Waals surface area contributed by atoms with E-state index in [0.29, 0.717) is 0 Å². The quantitative estimate of drug-likeness (QED) is 0.874. The molecule has 2 aromatic carbocycles. The van der Waals surface area contributed by atoms with Crippen LogP contribution in [-0.4, -0.2) is 21.9 Å². The number of allylic oxidation sites excluding steroid dienone is 1. The molecular formula is C19H16O3S. The zero-order valence-corrected chi connectivity index (χ0v) is 13.5. The molecule has 1 aliphatic carbocycles. The summed E-state index contributed by atoms with van der Waals surface area (Å²) < 4.78 is 11.4. The Kier molecular flexibility index (Phi) is 4.37. The Morgan fingerprint density at radius 3 is 2.57 bits per heavy atom. The molecule has 23 heavy (non-hydrogen) atoms. The van der Waals surface area contributed by atoms with Gasteiger partial charge in [0.1, 0.15) is 6.26 Å². The Balaban J connectivity index is 1.94. The number of hydrogen-bond donors (Lipinski definition) is 1. The van der Waals surface area contributed by atoms with Crippen LogP contribution in [0.5, 0.6) is 0 Å². The van der Waals surface area contributed by atoms with Crippen LogP contribution in [0.1, 0.15) is 17.5 Å². The number of aliphatic carboxylic acids is 1. The molecular weight excluding hydrogens is 308 g/mol. The summed E-state index contributed by atoms with van der Waals surface area (Å²) in [6, 6.07) is 13.6. The minimum absolute atomic E-state index is 0.0317. The van der Waals surface area contributed by atoms with E-state index < -0.39 is 17.1 Å². The molecule has 1 aliphatic rings. The number of rotatable bonds is 4. The van der Waals surface area contributed by atoms with Gasteiger partial charge < -0.3 is 9.66 Å². The van der Waals surface area contributed by atoms with Crippen LogP contribution in [0.2, 0.25) is 0 Å². The highest BCUT2D eigenvalue weighted by Crippen LogP contribution is 2.18. The van der Waals surface area contributed by atoms with Crippen LogP contribution in [0, 0.1) is 0 Å². The predicted molar refractivity (Wildman–Crippen MR) is 92.7 cm³/mol. The molecule has 3 rings (SSSR count). The van der Waals surface area contributed by atoms with Crippen molar-refractivity contribution in [2.24, 2.45) is 0 Å². The zero-order chi connectivity index (χ0) is 16.4. The summed E-state index contributed by atoms with van der Waals surface area (Å²) in [6.45, 7) is 0. The third-order valence-corrected chi connectivity index (χ3v) is 4.71. The molecule has 0 aromatic heterocycles. The number of fused-ring (bicyclic) bond motifs is 1. The van der Waals surface area contributed by atoms with Crippen molar-refractivity contribution in [2.75, 3.05) is 6.26 Å². The molecule has 4 heteroatoms. The van der Waals surface area contributed by atoms with Crippen molar-refractivity contribution in [3.63, 3.8) is 0 Å². The molecule has 1 N–H and O–H groups in total. The molecule has 3 nitrogen and oxygen atoms in total. The van der Waals surface area contributed by atoms with E-state index in [1.54, 1.807) is 6.26 Å². The maximum Gasteiger partial charge on any atom is 0.307 e. The Labute approximate surface area is 137 Å². The molecule has 0 aliphatic heterocycles. The van der Waals surface area contributed by atoms with Crippen LogP contribution in [0.25, 0.3) is 17.7 Å². The maximum absolute atomic E-state index is 11.4. The van der Waals surface area contributed by atoms with Crippen LogP contribution in [0.3, 0.4) is 0 Å². The second-order valence-corrected chi connectivity index (χ2v) is 6.82. The van der Waals surface area contributed by atoms with Crippen molar-refractivity contribution < 1.29 is 14.5 Å². The van der Waals surface area contributed by atoms with Gasteiger partial charge in [-0.05, 0) is 74.7 Å². The van der Waals surface area contributed by atoms with Crippen molar-refractivity contribution in [3.05, 3.63) is 70.1 Å². The average Bonchev–Trinajstić information content (AvgIpc) is 2.90. The molecule has 116 valence electrons. The fourth-order valence-electron chi connectivity index (χ4n) is 2.63. The number of benzene rings is 2. The molecule has 0 bridgehead atoms. The molecule has 2 aromatic rings. The van der Waals surface area contributed by atoms with Crippen LogP contribution >= 0.6 is 0 Å². The van der Waals surface area contributed by atoms with Gasteiger partial charge in [-0.25, -0.2) is 0 Å². The van der Waals surface area contributed by atoms with Gasteiger partial charge in [0.2, 0.25) is 0 Å². The van der Waals surface area contributed by atoms with E-state index in [1.807, 2.05) is 60.7 Å². The van der Waals surface area contributed by atoms with E-state index in [9.17, 15) is 9.35 Å². The molecule has 1 unspecified atom stereocenters. The Bertz CT molecular complexity index is 893. The van der Waals surface area contributed by atoms with E-state index in [1.165, 1.54) is 0 Å². The van der Waals surface area contributed by atoms with Gasteiger partial charge in [0, 0.05) is 0 Å². The first kappa shape index (κ1) is 15.6. The largest absolute Gasteiger partial charge is 0.612 e. The highest BCUT2D eigenvalue weighted by atomic mass is 32.2. The van der Waals surface area contributed by atoms with Gasteiger partial charge in [-0.3, -0.25) is 4.79 Å². The number of carboxylic acid groups (broad SMARTS) is 1. The summed E-state index contributed by atoms with van der Waals surface area (Å²) in [6.07, 6.45) is 7.53. The van der Waals surface area contributed by atoms with Gasteiger partial charge in [-0.15, -0.1) is 0 Å². The summed E-state index contributed by atoms with van der Waals surface area (Å²) in [4.78, 5) is 11.7. The second-order valence-electron chi connectivity index (χ2n) is 5.44. The van der Waals surface area contributed by atoms with Gasteiger partial charge in [0.05, 0.1) is 6.42 Å². The maximum atomic E-state index is 11.4. The van der Waals surface area contributed by atoms with E-state index in [-0.39, 0.29) is 6.42 Å². The Morgan fingerprint density at radius 2 is 1.91 bits per heavy atom. The standard InChI is InChI=1S/C19H16O3S/c1-23(22)17-8-3-13(4-9-17)10-14-2-5-15-6-7-16(12-19(20)21)18(15)11-14/h2-11H,12H2,1H3,(H,20,21)/b14-10-. The van der Waals surface area contributed by atoms with Crippen LogP contribution in [-0.2, 0) is 16.0 Å². The minimum atomic E-state index is -0.975. The molecule has 1 atom stereocenters. The molecule has 0 radical (unpaired) electrons. The third kappa shape index (κ3) is 3.55. The van der Waals surface area contributed by atoms with E-state index in [0.717, 1.165) is 32.0 Å². The monoisotopic (exact) mass is 324 g/mol. The average molecular weight is 324 g/mol. The Morgan fingerprint density at radius 1 is 1.17 bits per heavy atom. The van der Waals surface area contributed by atoms with Gasteiger partial charge in [0.15, 0.2) is 4.90 Å². The predicted octanol–water partition coefficient (Wildman–Crippen LogP) is 1.91. The first-order chi connectivity index (χ1) is 11.0. The molecule has 0 fully saturated rings. The van der Waals surface area contributed by atoms with Crippen LogP contribution in [0.4, 0.5) is 0 Å². The lowest BCUT2D eigenvalue weighted by atomic mass is 10.0. The zero-order valence-electron chi connectivity index (χ0n) is 12.7. The van der Waals surface area contributed by atoms with Crippen molar-refractivity contribution in [2.45, 2.75) is 11.3 Å². The summed E-state index contributed by atoms with van der Waals surface area (Å²) in [5.41, 5.74) is 2.83. The molecule has 0 amide bonds. The lowest BCUT2D eigenvalue weighted by molar-refractivity contribution is -0.135. The van der Waals surface area contributed by atoms with Gasteiger partial charge in [0.25, 0.3) is 0 Å². The molecule has 0 heterocycles. The normalized spacial score (nSPS) is 14.9. The van der Waals surface area contributed by atoms with Gasteiger partial charge in [-0.1, -0.05) is 24.3 Å². The van der Waals surface area contributed by atoms with E-state index in [2.05, 4.69) is 0 Å². The molecule has 0 spiro atoms. The van der Waals surface area contributed by atoms with Crippen LogP contribution < -0.4 is 10.4 Å². The highest BCUT2D eigenvalue weighted by Gasteiger charge is 2.11. The number of carboxylic acids is 1. The number of hydrogen-bond acceptors (Lipinski definition) is 2. The summed E-state index contributed by atoms with van der Waals surface area (Å²) in [7, 11) is 0. The SMILES string of the molecule is C[S+]([O-])c1ccc(/C=c2/ccc3c(c2)C(CC(=O)O)=CC=3)cc1. The molecule has 0 saturated carbocycles. The summed E-state index contributed by atoms with van der Waals surface area (Å²) in [5.74, 6) is -0.824. The van der Waals surface area contributed by atoms with Crippen molar-refractivity contribution in [3.8, 4) is 0 Å². The fraction of sp³-hybridized carbons (Fsp3) is 0.105. The van der Waals surface area contributed by atoms with Crippen LogP contribution in [0.15, 0.2) is 53.4 Å².